The number of hydrazone groups is 1. The Morgan fingerprint density at radius 2 is 2.19 bits per heavy atom. The van der Waals surface area contributed by atoms with Crippen LogP contribution < -0.4 is 5.43 Å². The third kappa shape index (κ3) is 1.88. The number of benzene rings is 1. The van der Waals surface area contributed by atoms with Gasteiger partial charge >= 0.3 is 6.09 Å². The molecule has 0 saturated carbocycles. The monoisotopic (exact) mass is 218 g/mol. The molecule has 1 heterocycles. The average Bonchev–Trinajstić information content (AvgIpc) is 2.69. The summed E-state index contributed by atoms with van der Waals surface area (Å²) >= 11 is 0. The van der Waals surface area contributed by atoms with Crippen LogP contribution in [0.15, 0.2) is 40.0 Å². The summed E-state index contributed by atoms with van der Waals surface area (Å²) in [6.07, 6.45) is 0.417. The fourth-order valence-corrected chi connectivity index (χ4v) is 1.46. The van der Waals surface area contributed by atoms with Gasteiger partial charge in [0.1, 0.15) is 5.71 Å². The molecule has 2 N–H and O–H groups in total. The first-order valence-electron chi connectivity index (χ1n) is 4.68. The molecule has 16 heavy (non-hydrogen) atoms. The highest BCUT2D eigenvalue weighted by atomic mass is 16.4. The van der Waals surface area contributed by atoms with Crippen molar-refractivity contribution in [2.45, 2.75) is 6.92 Å². The average molecular weight is 218 g/mol. The zero-order valence-electron chi connectivity index (χ0n) is 8.60. The molecular formula is C11H10N2O3. The molecular weight excluding hydrogens is 208 g/mol. The minimum Gasteiger partial charge on any atom is -0.464 e. The molecule has 0 aliphatic carbocycles. The summed E-state index contributed by atoms with van der Waals surface area (Å²) in [5.41, 5.74) is 2.43. The lowest BCUT2D eigenvalue weighted by Gasteiger charge is -1.96. The minimum atomic E-state index is -1.20. The van der Waals surface area contributed by atoms with Gasteiger partial charge in [-0.15, -0.1) is 0 Å². The second-order valence-electron chi connectivity index (χ2n) is 3.27. The number of rotatable bonds is 2. The molecule has 0 spiro atoms. The Balaban J connectivity index is 2.40. The molecule has 0 aliphatic rings. The second-order valence-corrected chi connectivity index (χ2v) is 3.27. The van der Waals surface area contributed by atoms with E-state index in [4.69, 9.17) is 9.52 Å². The van der Waals surface area contributed by atoms with Gasteiger partial charge in [0, 0.05) is 10.8 Å². The highest BCUT2D eigenvalue weighted by Crippen LogP contribution is 2.20. The van der Waals surface area contributed by atoms with Crippen LogP contribution in [0.5, 0.6) is 0 Å². The normalized spacial score (nSPS) is 11.7. The molecule has 1 amide bonds. The molecule has 5 nitrogen and oxygen atoms in total. The van der Waals surface area contributed by atoms with Crippen LogP contribution in [0, 0.1) is 0 Å². The Morgan fingerprint density at radius 1 is 1.44 bits per heavy atom. The van der Waals surface area contributed by atoms with E-state index in [1.165, 1.54) is 0 Å². The van der Waals surface area contributed by atoms with Crippen LogP contribution in [0.2, 0.25) is 0 Å². The Morgan fingerprint density at radius 3 is 2.94 bits per heavy atom. The van der Waals surface area contributed by atoms with E-state index in [1.807, 2.05) is 29.7 Å². The van der Waals surface area contributed by atoms with E-state index in [-0.39, 0.29) is 0 Å². The van der Waals surface area contributed by atoms with Crippen LogP contribution in [0.1, 0.15) is 12.7 Å². The van der Waals surface area contributed by atoms with Gasteiger partial charge in [-0.2, -0.15) is 5.10 Å². The highest BCUT2D eigenvalue weighted by molar-refractivity contribution is 6.07. The Hall–Kier alpha value is -2.30. The van der Waals surface area contributed by atoms with Crippen molar-refractivity contribution in [2.75, 3.05) is 0 Å². The van der Waals surface area contributed by atoms with E-state index < -0.39 is 6.09 Å². The molecule has 0 fully saturated rings. The maximum Gasteiger partial charge on any atom is 0.425 e. The van der Waals surface area contributed by atoms with Gasteiger partial charge in [0.15, 0.2) is 5.76 Å². The number of furan rings is 1. The zero-order chi connectivity index (χ0) is 11.5. The summed E-state index contributed by atoms with van der Waals surface area (Å²) in [4.78, 5) is 10.3. The molecule has 5 heteroatoms. The summed E-state index contributed by atoms with van der Waals surface area (Å²) in [6.45, 7) is 1.68. The summed E-state index contributed by atoms with van der Waals surface area (Å²) < 4.78 is 5.35. The number of amides is 1. The first-order chi connectivity index (χ1) is 7.68. The van der Waals surface area contributed by atoms with Gasteiger partial charge in [0.2, 0.25) is 0 Å². The van der Waals surface area contributed by atoms with Crippen LogP contribution in [-0.4, -0.2) is 16.9 Å². The molecule has 0 radical (unpaired) electrons. The van der Waals surface area contributed by atoms with Crippen molar-refractivity contribution in [1.29, 1.82) is 0 Å². The first kappa shape index (κ1) is 10.2. The van der Waals surface area contributed by atoms with E-state index >= 15 is 0 Å². The Bertz CT molecular complexity index is 557. The zero-order valence-corrected chi connectivity index (χ0v) is 8.60. The van der Waals surface area contributed by atoms with Crippen molar-refractivity contribution in [3.05, 3.63) is 36.3 Å². The Kier molecular flexibility index (Phi) is 2.59. The molecule has 2 rings (SSSR count). The number of hydrogen-bond donors (Lipinski definition) is 2. The number of nitrogens with one attached hydrogen (secondary N) is 1. The second kappa shape index (κ2) is 4.06. The summed E-state index contributed by atoms with van der Waals surface area (Å²) in [5, 5.41) is 14.0. The van der Waals surface area contributed by atoms with Crippen LogP contribution in [-0.2, 0) is 0 Å². The fourth-order valence-electron chi connectivity index (χ4n) is 1.46. The van der Waals surface area contributed by atoms with E-state index in [0.717, 1.165) is 10.8 Å². The van der Waals surface area contributed by atoms with Gasteiger partial charge in [-0.05, 0) is 6.92 Å². The van der Waals surface area contributed by atoms with Gasteiger partial charge in [-0.25, -0.2) is 10.2 Å². The lowest BCUT2D eigenvalue weighted by Crippen LogP contribution is -2.15. The molecule has 0 saturated heterocycles. The molecule has 82 valence electrons. The molecule has 0 unspecified atom stereocenters. The van der Waals surface area contributed by atoms with Crippen molar-refractivity contribution in [1.82, 2.24) is 5.43 Å². The lowest BCUT2D eigenvalue weighted by molar-refractivity contribution is 0.195. The van der Waals surface area contributed by atoms with E-state index in [2.05, 4.69) is 5.10 Å². The third-order valence-electron chi connectivity index (χ3n) is 2.16. The van der Waals surface area contributed by atoms with Crippen LogP contribution in [0.4, 0.5) is 4.79 Å². The standard InChI is InChI=1S/C11H10N2O3/c1-7(12-13-11(14)15)10-9-5-3-2-4-8(9)6-16-10/h2-6,13H,1H3,(H,14,15). The highest BCUT2D eigenvalue weighted by Gasteiger charge is 2.08. The topological polar surface area (TPSA) is 74.8 Å². The van der Waals surface area contributed by atoms with Crippen molar-refractivity contribution >= 4 is 22.6 Å². The molecule has 2 aromatic rings. The quantitative estimate of drug-likeness (QED) is 0.600. The van der Waals surface area contributed by atoms with Crippen LogP contribution >= 0.6 is 0 Å². The van der Waals surface area contributed by atoms with Crippen molar-refractivity contribution in [2.24, 2.45) is 5.10 Å². The maximum atomic E-state index is 10.3. The summed E-state index contributed by atoms with van der Waals surface area (Å²) in [7, 11) is 0. The molecule has 0 aliphatic heterocycles. The SMILES string of the molecule is CC(=NNC(=O)O)c1occ2ccccc12. The predicted octanol–water partition coefficient (Wildman–Crippen LogP) is 2.42. The van der Waals surface area contributed by atoms with Crippen LogP contribution in [0.25, 0.3) is 10.8 Å². The number of carbonyl (C=O) groups is 1. The number of carboxylic acid groups (broad SMARTS) is 1. The molecule has 1 aromatic carbocycles. The van der Waals surface area contributed by atoms with Gasteiger partial charge < -0.3 is 9.52 Å². The van der Waals surface area contributed by atoms with Crippen molar-refractivity contribution in [3.8, 4) is 0 Å². The fraction of sp³-hybridized carbons (Fsp3) is 0.0909. The van der Waals surface area contributed by atoms with E-state index in [1.54, 1.807) is 13.2 Å². The number of fused-ring (bicyclic) bond motifs is 1. The maximum absolute atomic E-state index is 10.3. The minimum absolute atomic E-state index is 0.489. The van der Waals surface area contributed by atoms with Crippen molar-refractivity contribution in [3.63, 3.8) is 0 Å². The van der Waals surface area contributed by atoms with Gasteiger partial charge in [0.05, 0.1) is 6.26 Å². The number of nitrogens with zero attached hydrogens (tertiary/aromatic N) is 1. The van der Waals surface area contributed by atoms with Gasteiger partial charge in [0.25, 0.3) is 0 Å². The third-order valence-corrected chi connectivity index (χ3v) is 2.16. The van der Waals surface area contributed by atoms with E-state index in [9.17, 15) is 4.79 Å². The number of hydrogen-bond acceptors (Lipinski definition) is 3. The van der Waals surface area contributed by atoms with Crippen molar-refractivity contribution < 1.29 is 14.3 Å². The largest absolute Gasteiger partial charge is 0.464 e. The molecule has 1 aromatic heterocycles. The predicted molar refractivity (Wildman–Crippen MR) is 59.6 cm³/mol. The summed E-state index contributed by atoms with van der Waals surface area (Å²) in [6, 6.07) is 7.61. The first-order valence-corrected chi connectivity index (χ1v) is 4.68. The Labute approximate surface area is 91.4 Å². The van der Waals surface area contributed by atoms with Gasteiger partial charge in [-0.1, -0.05) is 24.3 Å². The summed E-state index contributed by atoms with van der Waals surface area (Å²) in [5.74, 6) is 0.573. The van der Waals surface area contributed by atoms with Crippen LogP contribution in [0.3, 0.4) is 0 Å². The van der Waals surface area contributed by atoms with E-state index in [0.29, 0.717) is 11.5 Å². The smallest absolute Gasteiger partial charge is 0.425 e. The molecule has 0 bridgehead atoms. The van der Waals surface area contributed by atoms with Gasteiger partial charge in [-0.3, -0.25) is 0 Å². The lowest BCUT2D eigenvalue weighted by atomic mass is 10.1. The molecule has 0 atom stereocenters.